The Morgan fingerprint density at radius 3 is 3.18 bits per heavy atom. The van der Waals surface area contributed by atoms with Crippen molar-refractivity contribution in [3.8, 4) is 0 Å². The van der Waals surface area contributed by atoms with Crippen LogP contribution in [0.2, 0.25) is 0 Å². The summed E-state index contributed by atoms with van der Waals surface area (Å²) in [5, 5.41) is 4.15. The molecule has 22 heavy (non-hydrogen) atoms. The monoisotopic (exact) mass is 339 g/mol. The van der Waals surface area contributed by atoms with Crippen LogP contribution in [-0.4, -0.2) is 66.2 Å². The third kappa shape index (κ3) is 2.05. The molecule has 0 aromatic carbocycles. The molecular weight excluding hydrogens is 322 g/mol. The number of hydrogen-bond acceptors (Lipinski definition) is 6. The molecule has 118 valence electrons. The van der Waals surface area contributed by atoms with Gasteiger partial charge in [0.2, 0.25) is 11.9 Å². The zero-order valence-electron chi connectivity index (χ0n) is 12.3. The minimum atomic E-state index is -0.383. The topological polar surface area (TPSA) is 71.3 Å². The number of nitrogens with zero attached hydrogens (tertiary/aromatic N) is 5. The van der Waals surface area contributed by atoms with Crippen molar-refractivity contribution in [2.24, 2.45) is 0 Å². The van der Waals surface area contributed by atoms with Crippen molar-refractivity contribution < 1.29 is 9.59 Å². The summed E-state index contributed by atoms with van der Waals surface area (Å²) in [6.45, 7) is 3.50. The number of thioether (sulfide) groups is 2. The van der Waals surface area contributed by atoms with Crippen molar-refractivity contribution in [3.63, 3.8) is 0 Å². The first-order valence-electron chi connectivity index (χ1n) is 7.33. The van der Waals surface area contributed by atoms with Crippen molar-refractivity contribution in [2.75, 3.05) is 28.7 Å². The molecule has 0 unspecified atom stereocenters. The fourth-order valence-electron chi connectivity index (χ4n) is 3.35. The predicted molar refractivity (Wildman–Crippen MR) is 85.8 cm³/mol. The van der Waals surface area contributed by atoms with Gasteiger partial charge < -0.3 is 4.90 Å². The Hall–Kier alpha value is -1.22. The first-order chi connectivity index (χ1) is 10.6. The molecule has 1 aromatic heterocycles. The molecular formula is C13H17N5O2S2. The van der Waals surface area contributed by atoms with Gasteiger partial charge >= 0.3 is 0 Å². The van der Waals surface area contributed by atoms with Gasteiger partial charge in [0.1, 0.15) is 12.4 Å². The van der Waals surface area contributed by atoms with E-state index in [0.717, 1.165) is 18.7 Å². The predicted octanol–water partition coefficient (Wildman–Crippen LogP) is 0.422. The fraction of sp³-hybridized carbons (Fsp3) is 0.692. The van der Waals surface area contributed by atoms with Gasteiger partial charge in [0.15, 0.2) is 0 Å². The van der Waals surface area contributed by atoms with Crippen LogP contribution in [-0.2, 0) is 16.1 Å². The Balaban J connectivity index is 1.63. The molecule has 0 radical (unpaired) electrons. The molecule has 0 aliphatic carbocycles. The lowest BCUT2D eigenvalue weighted by atomic mass is 10.1. The van der Waals surface area contributed by atoms with Crippen LogP contribution in [0.3, 0.4) is 0 Å². The Labute approximate surface area is 136 Å². The molecule has 0 saturated carbocycles. The summed E-state index contributed by atoms with van der Waals surface area (Å²) in [6, 6.07) is -0.383. The van der Waals surface area contributed by atoms with E-state index in [2.05, 4.69) is 17.0 Å². The normalized spacial score (nSPS) is 31.1. The van der Waals surface area contributed by atoms with Gasteiger partial charge in [-0.2, -0.15) is 10.1 Å². The number of aromatic nitrogens is 3. The molecule has 7 nitrogen and oxygen atoms in total. The minimum absolute atomic E-state index is 0.0228. The maximum absolute atomic E-state index is 13.0. The SMILES string of the molecule is C[C@]12CSCC(=O)N1[C@H](C(=O)N1CCCn3ncnc31)CS2. The lowest BCUT2D eigenvalue weighted by Gasteiger charge is -2.41. The van der Waals surface area contributed by atoms with Crippen LogP contribution < -0.4 is 4.90 Å². The highest BCUT2D eigenvalue weighted by atomic mass is 32.2. The number of carbonyl (C=O) groups is 2. The Morgan fingerprint density at radius 1 is 1.45 bits per heavy atom. The van der Waals surface area contributed by atoms with E-state index < -0.39 is 0 Å². The van der Waals surface area contributed by atoms with Gasteiger partial charge in [-0.25, -0.2) is 4.68 Å². The summed E-state index contributed by atoms with van der Waals surface area (Å²) in [4.78, 5) is 32.9. The van der Waals surface area contributed by atoms with Crippen LogP contribution in [0.1, 0.15) is 13.3 Å². The molecule has 9 heteroatoms. The summed E-state index contributed by atoms with van der Waals surface area (Å²) in [6.07, 6.45) is 2.35. The Morgan fingerprint density at radius 2 is 2.32 bits per heavy atom. The average Bonchev–Trinajstić information content (AvgIpc) is 3.10. The number of aryl methyl sites for hydroxylation is 1. The van der Waals surface area contributed by atoms with Gasteiger partial charge in [-0.3, -0.25) is 14.5 Å². The summed E-state index contributed by atoms with van der Waals surface area (Å²) in [5.41, 5.74) is 0. The maximum Gasteiger partial charge on any atom is 0.253 e. The highest BCUT2D eigenvalue weighted by Crippen LogP contribution is 2.45. The number of rotatable bonds is 1. The van der Waals surface area contributed by atoms with Crippen LogP contribution in [0, 0.1) is 0 Å². The number of amides is 2. The number of carbonyl (C=O) groups excluding carboxylic acids is 2. The Kier molecular flexibility index (Phi) is 3.37. The van der Waals surface area contributed by atoms with Crippen LogP contribution in [0.5, 0.6) is 0 Å². The van der Waals surface area contributed by atoms with Crippen LogP contribution in [0.25, 0.3) is 0 Å². The van der Waals surface area contributed by atoms with Crippen molar-refractivity contribution in [3.05, 3.63) is 6.33 Å². The fourth-order valence-corrected chi connectivity index (χ4v) is 6.05. The van der Waals surface area contributed by atoms with E-state index in [1.54, 1.807) is 33.1 Å². The van der Waals surface area contributed by atoms with E-state index in [1.807, 2.05) is 4.90 Å². The Bertz CT molecular complexity index is 636. The first kappa shape index (κ1) is 14.4. The molecule has 0 spiro atoms. The van der Waals surface area contributed by atoms with Gasteiger partial charge in [0, 0.05) is 24.6 Å². The molecule has 2 atom stereocenters. The van der Waals surface area contributed by atoms with Crippen molar-refractivity contribution in [1.82, 2.24) is 19.7 Å². The molecule has 4 heterocycles. The van der Waals surface area contributed by atoms with Gasteiger partial charge in [-0.1, -0.05) is 0 Å². The summed E-state index contributed by atoms with van der Waals surface area (Å²) in [5.74, 6) is 2.66. The van der Waals surface area contributed by atoms with Gasteiger partial charge in [-0.05, 0) is 13.3 Å². The maximum atomic E-state index is 13.0. The highest BCUT2D eigenvalue weighted by Gasteiger charge is 2.52. The molecule has 2 saturated heterocycles. The second-order valence-electron chi connectivity index (χ2n) is 5.88. The standard InChI is InChI=1S/C13H17N5O2S2/c1-13-7-21-6-10(19)18(13)9(5-22-13)11(20)16-3-2-4-17-12(16)14-8-15-17/h8-9H,2-7H2,1H3/t9-,13-/m0/s1. The average molecular weight is 339 g/mol. The summed E-state index contributed by atoms with van der Waals surface area (Å²) < 4.78 is 1.76. The van der Waals surface area contributed by atoms with Crippen LogP contribution >= 0.6 is 23.5 Å². The third-order valence-corrected chi connectivity index (χ3v) is 7.22. The van der Waals surface area contributed by atoms with Gasteiger partial charge in [-0.15, -0.1) is 23.5 Å². The van der Waals surface area contributed by atoms with Crippen molar-refractivity contribution in [2.45, 2.75) is 30.8 Å². The smallest absolute Gasteiger partial charge is 0.253 e. The first-order valence-corrected chi connectivity index (χ1v) is 9.47. The highest BCUT2D eigenvalue weighted by molar-refractivity contribution is 8.04. The molecule has 3 aliphatic rings. The van der Waals surface area contributed by atoms with Gasteiger partial charge in [0.05, 0.1) is 10.6 Å². The van der Waals surface area contributed by atoms with E-state index in [-0.39, 0.29) is 22.7 Å². The lowest BCUT2D eigenvalue weighted by molar-refractivity contribution is -0.139. The number of anilines is 1. The van der Waals surface area contributed by atoms with E-state index in [4.69, 9.17) is 0 Å². The van der Waals surface area contributed by atoms with Crippen molar-refractivity contribution in [1.29, 1.82) is 0 Å². The van der Waals surface area contributed by atoms with E-state index in [1.165, 1.54) is 6.33 Å². The van der Waals surface area contributed by atoms with Gasteiger partial charge in [0.25, 0.3) is 5.91 Å². The third-order valence-electron chi connectivity index (χ3n) is 4.38. The quantitative estimate of drug-likeness (QED) is 0.739. The van der Waals surface area contributed by atoms with Crippen molar-refractivity contribution >= 4 is 41.3 Å². The zero-order chi connectivity index (χ0) is 15.3. The molecule has 3 aliphatic heterocycles. The second kappa shape index (κ2) is 5.16. The molecule has 2 amide bonds. The molecule has 0 N–H and O–H groups in total. The summed E-state index contributed by atoms with van der Waals surface area (Å²) in [7, 11) is 0. The molecule has 1 aromatic rings. The second-order valence-corrected chi connectivity index (χ2v) is 8.37. The van der Waals surface area contributed by atoms with Crippen LogP contribution in [0.15, 0.2) is 6.33 Å². The lowest BCUT2D eigenvalue weighted by Crippen LogP contribution is -2.58. The summed E-state index contributed by atoms with van der Waals surface area (Å²) >= 11 is 3.36. The molecule has 0 bridgehead atoms. The number of fused-ring (bicyclic) bond motifs is 2. The minimum Gasteiger partial charge on any atom is -0.314 e. The zero-order valence-corrected chi connectivity index (χ0v) is 13.9. The van der Waals surface area contributed by atoms with Crippen LogP contribution in [0.4, 0.5) is 5.95 Å². The number of hydrogen-bond donors (Lipinski definition) is 0. The van der Waals surface area contributed by atoms with E-state index in [9.17, 15) is 9.59 Å². The largest absolute Gasteiger partial charge is 0.314 e. The molecule has 2 fully saturated rings. The van der Waals surface area contributed by atoms with E-state index >= 15 is 0 Å². The van der Waals surface area contributed by atoms with E-state index in [0.29, 0.717) is 24.0 Å². The molecule has 4 rings (SSSR count).